The van der Waals surface area contributed by atoms with Crippen LogP contribution in [0, 0.1) is 0 Å². The van der Waals surface area contributed by atoms with E-state index >= 15 is 0 Å². The highest BCUT2D eigenvalue weighted by Crippen LogP contribution is 2.38. The number of phenolic OH excluding ortho intramolecular Hbond substituents is 2. The molecule has 1 atom stereocenters. The first kappa shape index (κ1) is 17.7. The molecule has 0 aromatic heterocycles. The Hall–Kier alpha value is -2.70. The summed E-state index contributed by atoms with van der Waals surface area (Å²) in [6.07, 6.45) is 0. The fourth-order valence-corrected chi connectivity index (χ4v) is 2.71. The van der Waals surface area contributed by atoms with Crippen molar-refractivity contribution < 1.29 is 24.5 Å². The highest BCUT2D eigenvalue weighted by molar-refractivity contribution is 5.95. The van der Waals surface area contributed by atoms with E-state index in [2.05, 4.69) is 10.6 Å². The number of hydrogen-bond acceptors (Lipinski definition) is 5. The van der Waals surface area contributed by atoms with Gasteiger partial charge in [0.2, 0.25) is 0 Å². The molecule has 130 valence electrons. The number of hydrogen-bond donors (Lipinski definition) is 4. The molecular formula is C17H22N2O5. The lowest BCUT2D eigenvalue weighted by molar-refractivity contribution is -0.139. The average Bonchev–Trinajstić information content (AvgIpc) is 2.46. The fraction of sp³-hybridized carbons (Fsp3) is 0.412. The fourth-order valence-electron chi connectivity index (χ4n) is 2.71. The number of amides is 2. The Morgan fingerprint density at radius 1 is 1.29 bits per heavy atom. The van der Waals surface area contributed by atoms with Gasteiger partial charge >= 0.3 is 12.0 Å². The smallest absolute Gasteiger partial charge is 0.338 e. The molecule has 1 aliphatic heterocycles. The molecule has 0 saturated carbocycles. The Bertz CT molecular complexity index is 709. The van der Waals surface area contributed by atoms with E-state index in [1.165, 1.54) is 6.07 Å². The number of aromatic hydroxyl groups is 2. The summed E-state index contributed by atoms with van der Waals surface area (Å²) in [7, 11) is 0. The Morgan fingerprint density at radius 2 is 1.96 bits per heavy atom. The third-order valence-corrected chi connectivity index (χ3v) is 3.87. The predicted octanol–water partition coefficient (Wildman–Crippen LogP) is 2.41. The number of benzene rings is 1. The molecule has 1 aromatic rings. The molecule has 0 saturated heterocycles. The molecular weight excluding hydrogens is 312 g/mol. The number of carbonyl (C=O) groups excluding carboxylic acids is 2. The van der Waals surface area contributed by atoms with Crippen LogP contribution in [0.25, 0.3) is 0 Å². The highest BCUT2D eigenvalue weighted by Gasteiger charge is 2.34. The van der Waals surface area contributed by atoms with Gasteiger partial charge in [-0.3, -0.25) is 0 Å². The first-order valence-corrected chi connectivity index (χ1v) is 7.77. The van der Waals surface area contributed by atoms with Gasteiger partial charge in [-0.15, -0.1) is 0 Å². The molecule has 1 aliphatic rings. The number of allylic oxidation sites excluding steroid dienone is 1. The molecule has 0 bridgehead atoms. The summed E-state index contributed by atoms with van der Waals surface area (Å²) >= 11 is 0. The van der Waals surface area contributed by atoms with E-state index in [1.54, 1.807) is 19.9 Å². The maximum Gasteiger partial charge on any atom is 0.338 e. The first-order chi connectivity index (χ1) is 11.3. The van der Waals surface area contributed by atoms with Gasteiger partial charge in [-0.05, 0) is 31.4 Å². The van der Waals surface area contributed by atoms with Gasteiger partial charge in [0.1, 0.15) is 11.5 Å². The SMILES string of the molecule is CCOC(=O)C1=C(C)NC(=O)NC1c1cc(C(C)C)c(O)cc1O. The minimum absolute atomic E-state index is 0.00196. The lowest BCUT2D eigenvalue weighted by atomic mass is 9.90. The zero-order valence-electron chi connectivity index (χ0n) is 14.1. The largest absolute Gasteiger partial charge is 0.508 e. The van der Waals surface area contributed by atoms with Crippen molar-refractivity contribution in [2.75, 3.05) is 6.61 Å². The van der Waals surface area contributed by atoms with Crippen LogP contribution in [0.3, 0.4) is 0 Å². The number of nitrogens with one attached hydrogen (secondary N) is 2. The second-order valence-corrected chi connectivity index (χ2v) is 5.92. The number of rotatable bonds is 4. The Labute approximate surface area is 140 Å². The van der Waals surface area contributed by atoms with Crippen molar-refractivity contribution in [3.8, 4) is 11.5 Å². The van der Waals surface area contributed by atoms with E-state index in [0.29, 0.717) is 16.8 Å². The number of urea groups is 1. The van der Waals surface area contributed by atoms with E-state index in [-0.39, 0.29) is 29.6 Å². The van der Waals surface area contributed by atoms with E-state index in [0.717, 1.165) is 0 Å². The van der Waals surface area contributed by atoms with Crippen LogP contribution in [0.1, 0.15) is 50.8 Å². The summed E-state index contributed by atoms with van der Waals surface area (Å²) in [5.74, 6) is -0.826. The second kappa shape index (κ2) is 6.82. The average molecular weight is 334 g/mol. The maximum atomic E-state index is 12.3. The second-order valence-electron chi connectivity index (χ2n) is 5.92. The number of esters is 1. The zero-order chi connectivity index (χ0) is 18.0. The van der Waals surface area contributed by atoms with E-state index in [4.69, 9.17) is 4.74 Å². The summed E-state index contributed by atoms with van der Waals surface area (Å²) in [5, 5.41) is 25.4. The summed E-state index contributed by atoms with van der Waals surface area (Å²) in [4.78, 5) is 24.1. The van der Waals surface area contributed by atoms with Gasteiger partial charge in [0.15, 0.2) is 0 Å². The van der Waals surface area contributed by atoms with Crippen LogP contribution in [0.2, 0.25) is 0 Å². The van der Waals surface area contributed by atoms with Crippen molar-refractivity contribution >= 4 is 12.0 Å². The quantitative estimate of drug-likeness (QED) is 0.633. The van der Waals surface area contributed by atoms with Crippen molar-refractivity contribution in [3.05, 3.63) is 34.5 Å². The molecule has 24 heavy (non-hydrogen) atoms. The molecule has 7 nitrogen and oxygen atoms in total. The summed E-state index contributed by atoms with van der Waals surface area (Å²) in [5.41, 5.74) is 1.51. The third kappa shape index (κ3) is 3.29. The Kier molecular flexibility index (Phi) is 5.02. The molecule has 2 rings (SSSR count). The van der Waals surface area contributed by atoms with Crippen LogP contribution in [-0.2, 0) is 9.53 Å². The maximum absolute atomic E-state index is 12.3. The van der Waals surface area contributed by atoms with Crippen molar-refractivity contribution in [2.45, 2.75) is 39.7 Å². The molecule has 0 spiro atoms. The zero-order valence-corrected chi connectivity index (χ0v) is 14.1. The van der Waals surface area contributed by atoms with Crippen molar-refractivity contribution in [2.24, 2.45) is 0 Å². The summed E-state index contributed by atoms with van der Waals surface area (Å²) in [6, 6.07) is 1.47. The van der Waals surface area contributed by atoms with Crippen LogP contribution in [0.5, 0.6) is 11.5 Å². The van der Waals surface area contributed by atoms with Crippen LogP contribution in [-0.4, -0.2) is 28.8 Å². The number of phenols is 2. The van der Waals surface area contributed by atoms with Gasteiger partial charge in [0.25, 0.3) is 0 Å². The molecule has 2 amide bonds. The van der Waals surface area contributed by atoms with Gasteiger partial charge in [-0.25, -0.2) is 9.59 Å². The predicted molar refractivity (Wildman–Crippen MR) is 87.6 cm³/mol. The minimum atomic E-state index is -0.865. The standard InChI is InChI=1S/C17H22N2O5/c1-5-24-16(22)14-9(4)18-17(23)19-15(14)11-6-10(8(2)3)12(20)7-13(11)21/h6-8,15,20-21H,5H2,1-4H3,(H2,18,19,23). The summed E-state index contributed by atoms with van der Waals surface area (Å²) in [6.45, 7) is 7.26. The van der Waals surface area contributed by atoms with Crippen molar-refractivity contribution in [1.29, 1.82) is 0 Å². The minimum Gasteiger partial charge on any atom is -0.508 e. The lowest BCUT2D eigenvalue weighted by Crippen LogP contribution is -2.45. The molecule has 1 aromatic carbocycles. The first-order valence-electron chi connectivity index (χ1n) is 7.77. The van der Waals surface area contributed by atoms with E-state index in [9.17, 15) is 19.8 Å². The summed E-state index contributed by atoms with van der Waals surface area (Å²) < 4.78 is 5.06. The van der Waals surface area contributed by atoms with Crippen LogP contribution in [0.4, 0.5) is 4.79 Å². The monoisotopic (exact) mass is 334 g/mol. The lowest BCUT2D eigenvalue weighted by Gasteiger charge is -2.29. The highest BCUT2D eigenvalue weighted by atomic mass is 16.5. The molecule has 7 heteroatoms. The molecule has 1 heterocycles. The van der Waals surface area contributed by atoms with Gasteiger partial charge < -0.3 is 25.6 Å². The van der Waals surface area contributed by atoms with Gasteiger partial charge in [-0.1, -0.05) is 13.8 Å². The van der Waals surface area contributed by atoms with E-state index < -0.39 is 18.0 Å². The Morgan fingerprint density at radius 3 is 2.54 bits per heavy atom. The third-order valence-electron chi connectivity index (χ3n) is 3.87. The molecule has 4 N–H and O–H groups in total. The van der Waals surface area contributed by atoms with Crippen LogP contribution >= 0.6 is 0 Å². The van der Waals surface area contributed by atoms with Gasteiger partial charge in [0, 0.05) is 17.3 Å². The van der Waals surface area contributed by atoms with Crippen LogP contribution < -0.4 is 10.6 Å². The Balaban J connectivity index is 2.59. The molecule has 0 fully saturated rings. The topological polar surface area (TPSA) is 108 Å². The number of ether oxygens (including phenoxy) is 1. The normalized spacial score (nSPS) is 17.5. The molecule has 0 radical (unpaired) electrons. The van der Waals surface area contributed by atoms with Gasteiger partial charge in [0.05, 0.1) is 18.2 Å². The molecule has 1 unspecified atom stereocenters. The van der Waals surface area contributed by atoms with Crippen molar-refractivity contribution in [3.63, 3.8) is 0 Å². The molecule has 0 aliphatic carbocycles. The van der Waals surface area contributed by atoms with Crippen molar-refractivity contribution in [1.82, 2.24) is 10.6 Å². The number of carbonyl (C=O) groups is 2. The van der Waals surface area contributed by atoms with Gasteiger partial charge in [-0.2, -0.15) is 0 Å². The van der Waals surface area contributed by atoms with Crippen LogP contribution in [0.15, 0.2) is 23.4 Å². The van der Waals surface area contributed by atoms with E-state index in [1.807, 2.05) is 13.8 Å².